The van der Waals surface area contributed by atoms with Crippen molar-refractivity contribution in [2.45, 2.75) is 230 Å². The molecule has 60 heavy (non-hydrogen) atoms. The maximum atomic E-state index is 12.9. The van der Waals surface area contributed by atoms with Crippen molar-refractivity contribution in [1.82, 2.24) is 5.32 Å². The highest BCUT2D eigenvalue weighted by Gasteiger charge is 2.44. The number of carbonyl (C=O) groups excluding carboxylic acids is 1. The van der Waals surface area contributed by atoms with E-state index in [0.29, 0.717) is 6.42 Å². The van der Waals surface area contributed by atoms with Crippen molar-refractivity contribution in [3.05, 3.63) is 72.9 Å². The van der Waals surface area contributed by atoms with E-state index in [0.717, 1.165) is 70.6 Å². The number of allylic oxidation sites excluding steroid dienone is 11. The molecule has 1 amide bonds. The number of ether oxygens (including phenoxy) is 2. The van der Waals surface area contributed by atoms with Crippen molar-refractivity contribution < 1.29 is 39.8 Å². The van der Waals surface area contributed by atoms with Crippen LogP contribution >= 0.6 is 0 Å². The van der Waals surface area contributed by atoms with Crippen LogP contribution in [0.3, 0.4) is 0 Å². The summed E-state index contributed by atoms with van der Waals surface area (Å²) in [5, 5.41) is 54.0. The minimum Gasteiger partial charge on any atom is -0.394 e. The molecule has 7 atom stereocenters. The van der Waals surface area contributed by atoms with Gasteiger partial charge in [-0.1, -0.05) is 189 Å². The van der Waals surface area contributed by atoms with Crippen LogP contribution in [0.5, 0.6) is 0 Å². The minimum absolute atomic E-state index is 0.185. The Labute approximate surface area is 366 Å². The average Bonchev–Trinajstić information content (AvgIpc) is 3.25. The lowest BCUT2D eigenvalue weighted by Gasteiger charge is -2.40. The molecule has 1 rings (SSSR count). The van der Waals surface area contributed by atoms with Crippen LogP contribution in [0, 0.1) is 0 Å². The van der Waals surface area contributed by atoms with Gasteiger partial charge in [-0.2, -0.15) is 0 Å². The van der Waals surface area contributed by atoms with Gasteiger partial charge in [0.05, 0.1) is 25.4 Å². The largest absolute Gasteiger partial charge is 0.394 e. The molecule has 1 saturated heterocycles. The number of hydrogen-bond acceptors (Lipinski definition) is 8. The highest BCUT2D eigenvalue weighted by Crippen LogP contribution is 2.22. The van der Waals surface area contributed by atoms with E-state index in [2.05, 4.69) is 79.9 Å². The summed E-state index contributed by atoms with van der Waals surface area (Å²) in [5.41, 5.74) is 0. The lowest BCUT2D eigenvalue weighted by Crippen LogP contribution is -2.60. The second kappa shape index (κ2) is 40.7. The van der Waals surface area contributed by atoms with Gasteiger partial charge in [0.1, 0.15) is 24.4 Å². The molecule has 7 unspecified atom stereocenters. The van der Waals surface area contributed by atoms with E-state index in [1.165, 1.54) is 96.3 Å². The van der Waals surface area contributed by atoms with Gasteiger partial charge in [-0.15, -0.1) is 0 Å². The fourth-order valence-corrected chi connectivity index (χ4v) is 7.18. The Morgan fingerprint density at radius 2 is 1.03 bits per heavy atom. The molecule has 6 N–H and O–H groups in total. The highest BCUT2D eigenvalue weighted by atomic mass is 16.7. The number of carbonyl (C=O) groups is 1. The molecule has 1 fully saturated rings. The molecule has 346 valence electrons. The van der Waals surface area contributed by atoms with Crippen LogP contribution in [0.15, 0.2) is 72.9 Å². The lowest BCUT2D eigenvalue weighted by atomic mass is 9.99. The van der Waals surface area contributed by atoms with Gasteiger partial charge in [0.2, 0.25) is 5.91 Å². The number of amides is 1. The number of aliphatic hydroxyl groups is 5. The minimum atomic E-state index is -1.57. The van der Waals surface area contributed by atoms with Gasteiger partial charge in [0, 0.05) is 6.42 Å². The van der Waals surface area contributed by atoms with Gasteiger partial charge in [-0.05, 0) is 64.2 Å². The zero-order valence-electron chi connectivity index (χ0n) is 37.9. The summed E-state index contributed by atoms with van der Waals surface area (Å²) >= 11 is 0. The van der Waals surface area contributed by atoms with E-state index in [1.54, 1.807) is 6.08 Å². The van der Waals surface area contributed by atoms with Gasteiger partial charge in [-0.3, -0.25) is 4.79 Å². The summed E-state index contributed by atoms with van der Waals surface area (Å²) in [6.45, 7) is 3.60. The molecule has 0 aliphatic carbocycles. The van der Waals surface area contributed by atoms with E-state index < -0.39 is 49.5 Å². The molecule has 0 aromatic rings. The number of unbranched alkanes of at least 4 members (excludes halogenated alkanes) is 19. The Bertz CT molecular complexity index is 1160. The molecular formula is C51H89NO8. The Morgan fingerprint density at radius 1 is 0.583 bits per heavy atom. The first-order valence-electron chi connectivity index (χ1n) is 24.2. The topological polar surface area (TPSA) is 149 Å². The van der Waals surface area contributed by atoms with Gasteiger partial charge in [0.25, 0.3) is 0 Å². The third-order valence-electron chi connectivity index (χ3n) is 11.0. The van der Waals surface area contributed by atoms with Gasteiger partial charge in [0.15, 0.2) is 6.29 Å². The second-order valence-electron chi connectivity index (χ2n) is 16.5. The molecular weight excluding hydrogens is 755 g/mol. The van der Waals surface area contributed by atoms with E-state index in [9.17, 15) is 30.3 Å². The van der Waals surface area contributed by atoms with Crippen LogP contribution in [0.4, 0.5) is 0 Å². The fraction of sp³-hybridized carbons (Fsp3) is 0.745. The van der Waals surface area contributed by atoms with Crippen LogP contribution < -0.4 is 5.32 Å². The molecule has 0 spiro atoms. The van der Waals surface area contributed by atoms with Crippen LogP contribution in [-0.4, -0.2) is 87.5 Å². The van der Waals surface area contributed by atoms with E-state index in [-0.39, 0.29) is 12.5 Å². The predicted octanol–water partition coefficient (Wildman–Crippen LogP) is 10.6. The maximum absolute atomic E-state index is 12.9. The summed E-state index contributed by atoms with van der Waals surface area (Å²) < 4.78 is 11.2. The van der Waals surface area contributed by atoms with Crippen LogP contribution in [0.25, 0.3) is 0 Å². The molecule has 0 bridgehead atoms. The maximum Gasteiger partial charge on any atom is 0.220 e. The molecule has 1 aliphatic heterocycles. The Morgan fingerprint density at radius 3 is 1.53 bits per heavy atom. The molecule has 0 aromatic heterocycles. The standard InChI is InChI=1S/C51H89NO8/c1-3-5-7-9-11-13-14-15-16-17-18-19-20-21-22-23-24-25-26-27-28-29-30-31-32-33-35-37-39-41-47(55)52-44(45(54)40-38-36-34-12-10-8-6-4-2)43-59-51-50(58)49(57)48(56)46(42-53)60-51/h5,7,11,13,15-16,18-19,21-22,38,40,44-46,48-51,53-54,56-58H,3-4,6,8-10,12,14,17,20,23-37,39,41-43H2,1-2H3,(H,52,55)/b7-5-,13-11-,16-15-,19-18-,22-21-,40-38+. The fourth-order valence-electron chi connectivity index (χ4n) is 7.18. The Balaban J connectivity index is 2.16. The van der Waals surface area contributed by atoms with Crippen molar-refractivity contribution in [2.75, 3.05) is 13.2 Å². The summed E-state index contributed by atoms with van der Waals surface area (Å²) in [4.78, 5) is 12.9. The van der Waals surface area contributed by atoms with Crippen molar-refractivity contribution in [3.63, 3.8) is 0 Å². The van der Waals surface area contributed by atoms with Crippen LogP contribution in [0.1, 0.15) is 187 Å². The van der Waals surface area contributed by atoms with E-state index in [4.69, 9.17) is 9.47 Å². The summed E-state index contributed by atoms with van der Waals surface area (Å²) in [6, 6.07) is -0.805. The smallest absolute Gasteiger partial charge is 0.220 e. The van der Waals surface area contributed by atoms with Crippen LogP contribution in [-0.2, 0) is 14.3 Å². The van der Waals surface area contributed by atoms with E-state index in [1.807, 2.05) is 6.08 Å². The average molecular weight is 844 g/mol. The highest BCUT2D eigenvalue weighted by molar-refractivity contribution is 5.76. The molecule has 9 nitrogen and oxygen atoms in total. The van der Waals surface area contributed by atoms with Gasteiger partial charge in [-0.25, -0.2) is 0 Å². The number of hydrogen-bond donors (Lipinski definition) is 6. The summed E-state index contributed by atoms with van der Waals surface area (Å²) in [7, 11) is 0. The van der Waals surface area contributed by atoms with Crippen LogP contribution in [0.2, 0.25) is 0 Å². The first-order chi connectivity index (χ1) is 29.3. The third kappa shape index (κ3) is 30.6. The first kappa shape index (κ1) is 55.6. The normalized spacial score (nSPS) is 21.2. The van der Waals surface area contributed by atoms with E-state index >= 15 is 0 Å². The molecule has 0 radical (unpaired) electrons. The number of nitrogens with one attached hydrogen (secondary N) is 1. The molecule has 9 heteroatoms. The quantitative estimate of drug-likeness (QED) is 0.0265. The predicted molar refractivity (Wildman–Crippen MR) is 249 cm³/mol. The molecule has 0 saturated carbocycles. The zero-order chi connectivity index (χ0) is 43.7. The van der Waals surface area contributed by atoms with Crippen molar-refractivity contribution in [2.24, 2.45) is 0 Å². The summed E-state index contributed by atoms with van der Waals surface area (Å²) in [5.74, 6) is -0.185. The number of rotatable bonds is 39. The molecule has 0 aromatic carbocycles. The monoisotopic (exact) mass is 844 g/mol. The Kier molecular flexibility index (Phi) is 37.7. The Hall–Kier alpha value is -2.37. The van der Waals surface area contributed by atoms with Crippen molar-refractivity contribution >= 4 is 5.91 Å². The van der Waals surface area contributed by atoms with Crippen molar-refractivity contribution in [3.8, 4) is 0 Å². The summed E-state index contributed by atoms with van der Waals surface area (Å²) in [6.07, 6.45) is 48.3. The van der Waals surface area contributed by atoms with Crippen molar-refractivity contribution in [1.29, 1.82) is 0 Å². The molecule has 1 aliphatic rings. The lowest BCUT2D eigenvalue weighted by molar-refractivity contribution is -0.302. The third-order valence-corrected chi connectivity index (χ3v) is 11.0. The second-order valence-corrected chi connectivity index (χ2v) is 16.5. The first-order valence-corrected chi connectivity index (χ1v) is 24.2. The van der Waals surface area contributed by atoms with Gasteiger partial charge >= 0.3 is 0 Å². The van der Waals surface area contributed by atoms with Gasteiger partial charge < -0.3 is 40.3 Å². The number of aliphatic hydroxyl groups excluding tert-OH is 5. The molecule has 1 heterocycles. The zero-order valence-corrected chi connectivity index (χ0v) is 37.9. The SMILES string of the molecule is CC/C=C\C/C=C\C/C=C\C/C=C\C/C=C\CCCCCCCCCCCCCCCC(=O)NC(COC1OC(CO)C(O)C(O)C1O)C(O)/C=C/CCCCCCCC.